The molecule has 1 atom stereocenters. The minimum absolute atomic E-state index is 0.312. The Morgan fingerprint density at radius 1 is 1.42 bits per heavy atom. The van der Waals surface area contributed by atoms with Gasteiger partial charge >= 0.3 is 5.76 Å². The van der Waals surface area contributed by atoms with E-state index in [4.69, 9.17) is 14.9 Å². The Morgan fingerprint density at radius 2 is 2.32 bits per heavy atom. The molecule has 1 aliphatic rings. The first-order valence-corrected chi connectivity index (χ1v) is 6.74. The van der Waals surface area contributed by atoms with E-state index in [0.717, 1.165) is 37.8 Å². The number of nitrogens with two attached hydrogens (primary N) is 1. The topological polar surface area (TPSA) is 70.4 Å². The van der Waals surface area contributed by atoms with Crippen LogP contribution in [0.15, 0.2) is 27.4 Å². The van der Waals surface area contributed by atoms with Crippen LogP contribution in [0.4, 0.5) is 5.69 Å². The Balaban J connectivity index is 1.74. The lowest BCUT2D eigenvalue weighted by Gasteiger charge is -2.08. The molecule has 2 aromatic rings. The predicted molar refractivity (Wildman–Crippen MR) is 73.1 cm³/mol. The molecule has 0 saturated carbocycles. The second kappa shape index (κ2) is 5.09. The highest BCUT2D eigenvalue weighted by molar-refractivity contribution is 5.76. The fraction of sp³-hybridized carbons (Fsp3) is 0.500. The second-order valence-electron chi connectivity index (χ2n) is 5.02. The van der Waals surface area contributed by atoms with Gasteiger partial charge < -0.3 is 14.9 Å². The van der Waals surface area contributed by atoms with Crippen molar-refractivity contribution in [2.75, 3.05) is 12.3 Å². The van der Waals surface area contributed by atoms with E-state index in [1.54, 1.807) is 22.8 Å². The quantitative estimate of drug-likeness (QED) is 0.857. The van der Waals surface area contributed by atoms with Gasteiger partial charge in [0.1, 0.15) is 0 Å². The van der Waals surface area contributed by atoms with Crippen LogP contribution in [0.1, 0.15) is 25.7 Å². The first-order valence-electron chi connectivity index (χ1n) is 6.74. The molecule has 1 fully saturated rings. The molecule has 0 amide bonds. The van der Waals surface area contributed by atoms with E-state index in [1.807, 2.05) is 0 Å². The molecule has 102 valence electrons. The zero-order valence-electron chi connectivity index (χ0n) is 10.8. The van der Waals surface area contributed by atoms with Crippen molar-refractivity contribution in [3.63, 3.8) is 0 Å². The SMILES string of the molecule is Nc1ccc2oc(=O)n(CCCC3CCCO3)c2c1. The first-order chi connectivity index (χ1) is 9.24. The van der Waals surface area contributed by atoms with E-state index >= 15 is 0 Å². The van der Waals surface area contributed by atoms with Crippen LogP contribution in [0.3, 0.4) is 0 Å². The number of nitrogen functional groups attached to an aromatic ring is 1. The number of anilines is 1. The molecular weight excluding hydrogens is 244 g/mol. The molecule has 2 N–H and O–H groups in total. The average molecular weight is 262 g/mol. The number of benzene rings is 1. The number of rotatable bonds is 4. The summed E-state index contributed by atoms with van der Waals surface area (Å²) in [7, 11) is 0. The molecule has 2 heterocycles. The Morgan fingerprint density at radius 3 is 3.11 bits per heavy atom. The molecule has 5 heteroatoms. The Bertz CT molecular complexity index is 623. The predicted octanol–water partition coefficient (Wildman–Crippen LogP) is 2.14. The second-order valence-corrected chi connectivity index (χ2v) is 5.02. The van der Waals surface area contributed by atoms with Crippen molar-refractivity contribution in [2.24, 2.45) is 0 Å². The van der Waals surface area contributed by atoms with Gasteiger partial charge in [-0.05, 0) is 43.9 Å². The smallest absolute Gasteiger partial charge is 0.408 e. The zero-order chi connectivity index (χ0) is 13.2. The number of aromatic nitrogens is 1. The van der Waals surface area contributed by atoms with Gasteiger partial charge in [-0.15, -0.1) is 0 Å². The van der Waals surface area contributed by atoms with Crippen LogP contribution in [0.5, 0.6) is 0 Å². The third-order valence-corrected chi connectivity index (χ3v) is 3.62. The van der Waals surface area contributed by atoms with Gasteiger partial charge in [-0.25, -0.2) is 4.79 Å². The van der Waals surface area contributed by atoms with Crippen molar-refractivity contribution in [2.45, 2.75) is 38.3 Å². The molecule has 1 aromatic carbocycles. The number of hydrogen-bond acceptors (Lipinski definition) is 4. The van der Waals surface area contributed by atoms with Gasteiger partial charge in [0, 0.05) is 18.8 Å². The van der Waals surface area contributed by atoms with Crippen LogP contribution >= 0.6 is 0 Å². The van der Waals surface area contributed by atoms with Gasteiger partial charge in [0.05, 0.1) is 11.6 Å². The van der Waals surface area contributed by atoms with Crippen molar-refractivity contribution in [3.05, 3.63) is 28.7 Å². The van der Waals surface area contributed by atoms with Crippen molar-refractivity contribution in [3.8, 4) is 0 Å². The lowest BCUT2D eigenvalue weighted by molar-refractivity contribution is 0.101. The lowest BCUT2D eigenvalue weighted by Crippen LogP contribution is -2.15. The van der Waals surface area contributed by atoms with E-state index in [1.165, 1.54) is 0 Å². The molecule has 0 bridgehead atoms. The van der Waals surface area contributed by atoms with Crippen molar-refractivity contribution < 1.29 is 9.15 Å². The van der Waals surface area contributed by atoms with Crippen LogP contribution in [0.25, 0.3) is 11.1 Å². The first kappa shape index (κ1) is 12.3. The number of fused-ring (bicyclic) bond motifs is 1. The van der Waals surface area contributed by atoms with Gasteiger partial charge in [-0.2, -0.15) is 0 Å². The minimum atomic E-state index is -0.312. The molecule has 0 radical (unpaired) electrons. The number of ether oxygens (including phenoxy) is 1. The number of nitrogens with zero attached hydrogens (tertiary/aromatic N) is 1. The highest BCUT2D eigenvalue weighted by Gasteiger charge is 2.15. The molecular formula is C14H18N2O3. The Kier molecular flexibility index (Phi) is 3.29. The summed E-state index contributed by atoms with van der Waals surface area (Å²) in [6, 6.07) is 5.26. The monoisotopic (exact) mass is 262 g/mol. The largest absolute Gasteiger partial charge is 0.419 e. The van der Waals surface area contributed by atoms with E-state index in [9.17, 15) is 4.79 Å². The molecule has 1 aliphatic heterocycles. The summed E-state index contributed by atoms with van der Waals surface area (Å²) in [5, 5.41) is 0. The zero-order valence-corrected chi connectivity index (χ0v) is 10.8. The minimum Gasteiger partial charge on any atom is -0.408 e. The van der Waals surface area contributed by atoms with Crippen LogP contribution in [-0.4, -0.2) is 17.3 Å². The van der Waals surface area contributed by atoms with Gasteiger partial charge in [0.2, 0.25) is 0 Å². The third kappa shape index (κ3) is 2.51. The van der Waals surface area contributed by atoms with E-state index in [-0.39, 0.29) is 5.76 Å². The summed E-state index contributed by atoms with van der Waals surface area (Å²) in [5.41, 5.74) is 7.76. The summed E-state index contributed by atoms with van der Waals surface area (Å²) in [6.45, 7) is 1.52. The van der Waals surface area contributed by atoms with Crippen molar-refractivity contribution >= 4 is 16.8 Å². The van der Waals surface area contributed by atoms with Gasteiger partial charge in [0.25, 0.3) is 0 Å². The third-order valence-electron chi connectivity index (χ3n) is 3.62. The molecule has 0 aliphatic carbocycles. The summed E-state index contributed by atoms with van der Waals surface area (Å²) in [6.07, 6.45) is 4.54. The molecule has 1 saturated heterocycles. The standard InChI is InChI=1S/C14H18N2O3/c15-10-5-6-13-12(9-10)16(14(17)19-13)7-1-3-11-4-2-8-18-11/h5-6,9,11H,1-4,7-8,15H2. The number of hydrogen-bond donors (Lipinski definition) is 1. The van der Waals surface area contributed by atoms with E-state index in [0.29, 0.717) is 23.9 Å². The number of oxazole rings is 1. The Hall–Kier alpha value is -1.75. The van der Waals surface area contributed by atoms with Crippen LogP contribution < -0.4 is 11.5 Å². The fourth-order valence-electron chi connectivity index (χ4n) is 2.64. The fourth-order valence-corrected chi connectivity index (χ4v) is 2.64. The molecule has 19 heavy (non-hydrogen) atoms. The average Bonchev–Trinajstić information content (AvgIpc) is 2.99. The maximum absolute atomic E-state index is 11.8. The van der Waals surface area contributed by atoms with E-state index < -0.39 is 0 Å². The van der Waals surface area contributed by atoms with Crippen molar-refractivity contribution in [1.82, 2.24) is 4.57 Å². The van der Waals surface area contributed by atoms with Crippen molar-refractivity contribution in [1.29, 1.82) is 0 Å². The van der Waals surface area contributed by atoms with Gasteiger partial charge in [-0.3, -0.25) is 4.57 Å². The summed E-state index contributed by atoms with van der Waals surface area (Å²) < 4.78 is 12.4. The maximum Gasteiger partial charge on any atom is 0.419 e. The summed E-state index contributed by atoms with van der Waals surface area (Å²) in [4.78, 5) is 11.8. The molecule has 0 spiro atoms. The van der Waals surface area contributed by atoms with E-state index in [2.05, 4.69) is 0 Å². The lowest BCUT2D eigenvalue weighted by atomic mass is 10.1. The molecule has 3 rings (SSSR count). The summed E-state index contributed by atoms with van der Waals surface area (Å²) >= 11 is 0. The maximum atomic E-state index is 11.8. The van der Waals surface area contributed by atoms with Crippen LogP contribution in [-0.2, 0) is 11.3 Å². The molecule has 1 unspecified atom stereocenters. The number of aryl methyl sites for hydroxylation is 1. The normalized spacial score (nSPS) is 19.3. The molecule has 1 aromatic heterocycles. The van der Waals surface area contributed by atoms with Crippen LogP contribution in [0.2, 0.25) is 0 Å². The van der Waals surface area contributed by atoms with Crippen LogP contribution in [0, 0.1) is 0 Å². The highest BCUT2D eigenvalue weighted by Crippen LogP contribution is 2.19. The van der Waals surface area contributed by atoms with Gasteiger partial charge in [-0.1, -0.05) is 0 Å². The van der Waals surface area contributed by atoms with Gasteiger partial charge in [0.15, 0.2) is 5.58 Å². The summed E-state index contributed by atoms with van der Waals surface area (Å²) in [5.74, 6) is -0.312. The Labute approximate surface area is 111 Å². The highest BCUT2D eigenvalue weighted by atomic mass is 16.5. The molecule has 5 nitrogen and oxygen atoms in total.